The molecule has 0 unspecified atom stereocenters. The van der Waals surface area contributed by atoms with E-state index in [2.05, 4.69) is 4.98 Å². The van der Waals surface area contributed by atoms with Gasteiger partial charge in [-0.3, -0.25) is 14.3 Å². The molecule has 5 nitrogen and oxygen atoms in total. The lowest BCUT2D eigenvalue weighted by atomic mass is 9.98. The fourth-order valence-electron chi connectivity index (χ4n) is 2.01. The predicted octanol–water partition coefficient (Wildman–Crippen LogP) is 0.387. The normalized spacial score (nSPS) is 16.7. The third-order valence-corrected chi connectivity index (χ3v) is 3.08. The summed E-state index contributed by atoms with van der Waals surface area (Å²) in [6, 6.07) is 1.03. The summed E-state index contributed by atoms with van der Waals surface area (Å²) in [5.41, 5.74) is -1.55. The second-order valence-electron chi connectivity index (χ2n) is 4.56. The maximum absolute atomic E-state index is 11.6. The molecule has 1 aliphatic rings. The van der Waals surface area contributed by atoms with Gasteiger partial charge in [0.1, 0.15) is 0 Å². The van der Waals surface area contributed by atoms with Crippen LogP contribution in [0, 0.1) is 5.92 Å². The number of nitrogens with zero attached hydrogens (tertiary/aromatic N) is 1. The van der Waals surface area contributed by atoms with Crippen molar-refractivity contribution in [2.24, 2.45) is 5.92 Å². The summed E-state index contributed by atoms with van der Waals surface area (Å²) in [6.45, 7) is 3.79. The van der Waals surface area contributed by atoms with E-state index in [1.54, 1.807) is 0 Å². The van der Waals surface area contributed by atoms with Crippen molar-refractivity contribution in [1.82, 2.24) is 9.55 Å². The molecule has 1 aromatic heterocycles. The standard InChI is InChI=1S/C10H14N2O3/c1-10(2,6-3-4-6)12-8(14)5-7(13)11-9(12)15/h5-6,14H,3-4H2,1-2H3,(H,11,13,15). The molecule has 0 aliphatic heterocycles. The van der Waals surface area contributed by atoms with E-state index in [-0.39, 0.29) is 5.88 Å². The SMILES string of the molecule is CC(C)(C1CC1)n1c(O)cc(=O)[nH]c1=O. The van der Waals surface area contributed by atoms with Crippen LogP contribution in [-0.4, -0.2) is 14.7 Å². The van der Waals surface area contributed by atoms with Gasteiger partial charge in [0.15, 0.2) is 0 Å². The number of H-pyrrole nitrogens is 1. The Morgan fingerprint density at radius 3 is 2.53 bits per heavy atom. The van der Waals surface area contributed by atoms with Gasteiger partial charge in [0.25, 0.3) is 5.56 Å². The Morgan fingerprint density at radius 2 is 2.07 bits per heavy atom. The average molecular weight is 210 g/mol. The molecule has 1 aromatic rings. The average Bonchev–Trinajstić information content (AvgIpc) is 2.81. The maximum Gasteiger partial charge on any atom is 0.331 e. The van der Waals surface area contributed by atoms with Gasteiger partial charge in [-0.05, 0) is 32.6 Å². The predicted molar refractivity (Wildman–Crippen MR) is 55.0 cm³/mol. The van der Waals surface area contributed by atoms with Gasteiger partial charge < -0.3 is 5.11 Å². The van der Waals surface area contributed by atoms with Gasteiger partial charge in [-0.25, -0.2) is 4.79 Å². The molecule has 2 N–H and O–H groups in total. The minimum atomic E-state index is -0.569. The van der Waals surface area contributed by atoms with E-state index in [0.29, 0.717) is 5.92 Å². The Labute approximate surface area is 86.4 Å². The lowest BCUT2D eigenvalue weighted by molar-refractivity contribution is 0.250. The van der Waals surface area contributed by atoms with Crippen LogP contribution in [0.4, 0.5) is 0 Å². The minimum absolute atomic E-state index is 0.263. The van der Waals surface area contributed by atoms with E-state index in [0.717, 1.165) is 18.9 Å². The van der Waals surface area contributed by atoms with Crippen molar-refractivity contribution >= 4 is 0 Å². The van der Waals surface area contributed by atoms with Crippen molar-refractivity contribution in [3.8, 4) is 5.88 Å². The summed E-state index contributed by atoms with van der Waals surface area (Å²) in [4.78, 5) is 24.7. The minimum Gasteiger partial charge on any atom is -0.494 e. The zero-order valence-corrected chi connectivity index (χ0v) is 8.78. The van der Waals surface area contributed by atoms with E-state index < -0.39 is 16.8 Å². The number of aromatic nitrogens is 2. The van der Waals surface area contributed by atoms with E-state index >= 15 is 0 Å². The van der Waals surface area contributed by atoms with Gasteiger partial charge in [0.2, 0.25) is 5.88 Å². The molecule has 1 heterocycles. The smallest absolute Gasteiger partial charge is 0.331 e. The van der Waals surface area contributed by atoms with Crippen molar-refractivity contribution in [2.75, 3.05) is 0 Å². The third kappa shape index (κ3) is 1.58. The molecule has 1 saturated carbocycles. The van der Waals surface area contributed by atoms with Crippen LogP contribution in [0.1, 0.15) is 26.7 Å². The van der Waals surface area contributed by atoms with Crippen molar-refractivity contribution in [1.29, 1.82) is 0 Å². The molecule has 5 heteroatoms. The Kier molecular flexibility index (Phi) is 1.99. The van der Waals surface area contributed by atoms with E-state index in [1.165, 1.54) is 4.57 Å². The highest BCUT2D eigenvalue weighted by Gasteiger charge is 2.41. The fraction of sp³-hybridized carbons (Fsp3) is 0.600. The molecule has 0 amide bonds. The van der Waals surface area contributed by atoms with Gasteiger partial charge in [-0.1, -0.05) is 0 Å². The summed E-state index contributed by atoms with van der Waals surface area (Å²) in [5.74, 6) is 0.132. The first-order valence-electron chi connectivity index (χ1n) is 4.99. The van der Waals surface area contributed by atoms with Gasteiger partial charge >= 0.3 is 5.69 Å². The van der Waals surface area contributed by atoms with E-state index in [4.69, 9.17) is 0 Å². The number of aromatic hydroxyl groups is 1. The summed E-state index contributed by atoms with van der Waals surface area (Å²) in [6.07, 6.45) is 2.11. The first kappa shape index (κ1) is 10.0. The molecule has 0 radical (unpaired) electrons. The number of hydrogen-bond donors (Lipinski definition) is 2. The fourth-order valence-corrected chi connectivity index (χ4v) is 2.01. The van der Waals surface area contributed by atoms with Crippen LogP contribution < -0.4 is 11.2 Å². The quantitative estimate of drug-likeness (QED) is 0.741. The Hall–Kier alpha value is -1.52. The number of rotatable bonds is 2. The molecule has 1 aliphatic carbocycles. The summed E-state index contributed by atoms with van der Waals surface area (Å²) in [5, 5.41) is 9.63. The highest BCUT2D eigenvalue weighted by atomic mass is 16.3. The van der Waals surface area contributed by atoms with Crippen molar-refractivity contribution in [2.45, 2.75) is 32.2 Å². The molecule has 0 atom stereocenters. The largest absolute Gasteiger partial charge is 0.494 e. The zero-order valence-electron chi connectivity index (χ0n) is 8.78. The van der Waals surface area contributed by atoms with Crippen LogP contribution in [-0.2, 0) is 5.54 Å². The van der Waals surface area contributed by atoms with Crippen molar-refractivity contribution in [3.05, 3.63) is 26.9 Å². The van der Waals surface area contributed by atoms with E-state index in [9.17, 15) is 14.7 Å². The molecule has 15 heavy (non-hydrogen) atoms. The highest BCUT2D eigenvalue weighted by molar-refractivity contribution is 5.11. The third-order valence-electron chi connectivity index (χ3n) is 3.08. The first-order valence-corrected chi connectivity index (χ1v) is 4.99. The maximum atomic E-state index is 11.6. The summed E-state index contributed by atoms with van der Waals surface area (Å²) >= 11 is 0. The van der Waals surface area contributed by atoms with Gasteiger partial charge in [0, 0.05) is 5.54 Å². The Balaban J connectivity index is 2.61. The number of hydrogen-bond acceptors (Lipinski definition) is 3. The molecule has 0 aromatic carbocycles. The Morgan fingerprint density at radius 1 is 1.47 bits per heavy atom. The Bertz CT molecular complexity index is 494. The molecule has 82 valence electrons. The lowest BCUT2D eigenvalue weighted by Crippen LogP contribution is -2.41. The zero-order chi connectivity index (χ0) is 11.2. The van der Waals surface area contributed by atoms with Crippen LogP contribution >= 0.6 is 0 Å². The topological polar surface area (TPSA) is 75.1 Å². The van der Waals surface area contributed by atoms with Crippen molar-refractivity contribution in [3.63, 3.8) is 0 Å². The lowest BCUT2D eigenvalue weighted by Gasteiger charge is -2.27. The molecular formula is C10H14N2O3. The van der Waals surface area contributed by atoms with Gasteiger partial charge in [-0.2, -0.15) is 0 Å². The molecular weight excluding hydrogens is 196 g/mol. The molecule has 0 saturated heterocycles. The second-order valence-corrected chi connectivity index (χ2v) is 4.56. The van der Waals surface area contributed by atoms with Crippen LogP contribution in [0.15, 0.2) is 15.7 Å². The van der Waals surface area contributed by atoms with Crippen LogP contribution in [0.5, 0.6) is 5.88 Å². The summed E-state index contributed by atoms with van der Waals surface area (Å²) < 4.78 is 1.26. The van der Waals surface area contributed by atoms with E-state index in [1.807, 2.05) is 13.8 Å². The number of nitrogens with one attached hydrogen (secondary N) is 1. The van der Waals surface area contributed by atoms with Gasteiger partial charge in [0.05, 0.1) is 6.07 Å². The highest BCUT2D eigenvalue weighted by Crippen LogP contribution is 2.44. The summed E-state index contributed by atoms with van der Waals surface area (Å²) in [7, 11) is 0. The van der Waals surface area contributed by atoms with Crippen molar-refractivity contribution < 1.29 is 5.11 Å². The molecule has 0 bridgehead atoms. The molecule has 0 spiro atoms. The van der Waals surface area contributed by atoms with Gasteiger partial charge in [-0.15, -0.1) is 0 Å². The molecule has 1 fully saturated rings. The second kappa shape index (κ2) is 2.98. The molecule has 2 rings (SSSR count). The van der Waals surface area contributed by atoms with Crippen LogP contribution in [0.25, 0.3) is 0 Å². The van der Waals surface area contributed by atoms with Crippen LogP contribution in [0.2, 0.25) is 0 Å². The first-order chi connectivity index (χ1) is 6.93. The van der Waals surface area contributed by atoms with Crippen LogP contribution in [0.3, 0.4) is 0 Å². The number of aromatic amines is 1. The monoisotopic (exact) mass is 210 g/mol.